The Labute approximate surface area is 178 Å². The molecule has 154 valence electrons. The molecule has 2 aromatic rings. The fourth-order valence-corrected chi connectivity index (χ4v) is 4.47. The smallest absolute Gasteiger partial charge is 0.254 e. The summed E-state index contributed by atoms with van der Waals surface area (Å²) in [6, 6.07) is 16.1. The van der Waals surface area contributed by atoms with Gasteiger partial charge in [0.1, 0.15) is 0 Å². The summed E-state index contributed by atoms with van der Waals surface area (Å²) in [6.45, 7) is 6.03. The maximum atomic E-state index is 13.5. The number of carbonyl (C=O) groups is 2. The lowest BCUT2D eigenvalue weighted by Gasteiger charge is -2.34. The fourth-order valence-electron chi connectivity index (χ4n) is 4.47. The van der Waals surface area contributed by atoms with Gasteiger partial charge in [-0.05, 0) is 55.9 Å². The van der Waals surface area contributed by atoms with Gasteiger partial charge in [-0.1, -0.05) is 49.4 Å². The van der Waals surface area contributed by atoms with Gasteiger partial charge in [-0.2, -0.15) is 0 Å². The highest BCUT2D eigenvalue weighted by atomic mass is 16.2. The molecule has 0 saturated carbocycles. The molecule has 1 amide bonds. The lowest BCUT2D eigenvalue weighted by Crippen LogP contribution is -2.35. The molecule has 0 unspecified atom stereocenters. The third kappa shape index (κ3) is 3.70. The number of dihydropyridines is 1. The van der Waals surface area contributed by atoms with Crippen molar-refractivity contribution >= 4 is 17.4 Å². The maximum Gasteiger partial charge on any atom is 0.254 e. The molecular formula is C26H28N2O2. The highest BCUT2D eigenvalue weighted by Gasteiger charge is 2.38. The van der Waals surface area contributed by atoms with Crippen molar-refractivity contribution in [1.82, 2.24) is 5.32 Å². The van der Waals surface area contributed by atoms with E-state index in [1.54, 1.807) is 0 Å². The highest BCUT2D eigenvalue weighted by Crippen LogP contribution is 2.42. The zero-order chi connectivity index (χ0) is 21.3. The van der Waals surface area contributed by atoms with Crippen LogP contribution in [0.3, 0.4) is 0 Å². The highest BCUT2D eigenvalue weighted by molar-refractivity contribution is 6.10. The molecule has 1 heterocycles. The molecule has 0 radical (unpaired) electrons. The molecular weight excluding hydrogens is 372 g/mol. The number of amides is 1. The Hall–Kier alpha value is -3.14. The molecule has 2 aliphatic rings. The van der Waals surface area contributed by atoms with E-state index in [9.17, 15) is 9.59 Å². The summed E-state index contributed by atoms with van der Waals surface area (Å²) < 4.78 is 0. The van der Waals surface area contributed by atoms with Gasteiger partial charge in [-0.25, -0.2) is 0 Å². The van der Waals surface area contributed by atoms with Crippen LogP contribution in [-0.4, -0.2) is 11.7 Å². The van der Waals surface area contributed by atoms with Crippen molar-refractivity contribution in [1.29, 1.82) is 0 Å². The summed E-state index contributed by atoms with van der Waals surface area (Å²) in [4.78, 5) is 26.4. The van der Waals surface area contributed by atoms with E-state index in [-0.39, 0.29) is 17.6 Å². The number of anilines is 1. The van der Waals surface area contributed by atoms with Crippen molar-refractivity contribution in [3.05, 3.63) is 87.8 Å². The molecule has 0 bridgehead atoms. The van der Waals surface area contributed by atoms with Crippen LogP contribution in [0.5, 0.6) is 0 Å². The van der Waals surface area contributed by atoms with Crippen LogP contribution in [0.4, 0.5) is 5.69 Å². The number of carbonyl (C=O) groups excluding carboxylic acids is 2. The molecule has 1 atom stereocenters. The monoisotopic (exact) mass is 400 g/mol. The van der Waals surface area contributed by atoms with E-state index in [1.165, 1.54) is 5.56 Å². The summed E-state index contributed by atoms with van der Waals surface area (Å²) in [5.41, 5.74) is 7.19. The van der Waals surface area contributed by atoms with Crippen LogP contribution in [0, 0.1) is 6.92 Å². The number of allylic oxidation sites excluding steroid dienone is 3. The van der Waals surface area contributed by atoms with Crippen LogP contribution in [0.2, 0.25) is 0 Å². The molecule has 0 saturated heterocycles. The van der Waals surface area contributed by atoms with Crippen molar-refractivity contribution in [2.24, 2.45) is 0 Å². The molecule has 1 aliphatic carbocycles. The van der Waals surface area contributed by atoms with E-state index < -0.39 is 0 Å². The number of nitrogens with one attached hydrogen (secondary N) is 2. The second kappa shape index (κ2) is 8.31. The van der Waals surface area contributed by atoms with Gasteiger partial charge >= 0.3 is 0 Å². The number of aryl methyl sites for hydroxylation is 2. The van der Waals surface area contributed by atoms with Crippen molar-refractivity contribution in [2.75, 3.05) is 5.32 Å². The minimum absolute atomic E-state index is 0.141. The van der Waals surface area contributed by atoms with Crippen molar-refractivity contribution in [2.45, 2.75) is 52.4 Å². The van der Waals surface area contributed by atoms with Crippen LogP contribution in [0.1, 0.15) is 55.7 Å². The normalized spacial score (nSPS) is 18.8. The van der Waals surface area contributed by atoms with E-state index in [4.69, 9.17) is 0 Å². The predicted octanol–water partition coefficient (Wildman–Crippen LogP) is 5.16. The van der Waals surface area contributed by atoms with Crippen molar-refractivity contribution in [3.63, 3.8) is 0 Å². The van der Waals surface area contributed by atoms with Crippen molar-refractivity contribution in [3.8, 4) is 0 Å². The minimum Gasteiger partial charge on any atom is -0.362 e. The summed E-state index contributed by atoms with van der Waals surface area (Å²) in [7, 11) is 0. The molecule has 4 heteroatoms. The summed E-state index contributed by atoms with van der Waals surface area (Å²) in [6.07, 6.45) is 3.18. The van der Waals surface area contributed by atoms with Crippen LogP contribution < -0.4 is 10.6 Å². The Morgan fingerprint density at radius 1 is 1.07 bits per heavy atom. The van der Waals surface area contributed by atoms with Gasteiger partial charge in [0.15, 0.2) is 5.78 Å². The number of ketones is 1. The largest absolute Gasteiger partial charge is 0.362 e. The number of benzene rings is 2. The lowest BCUT2D eigenvalue weighted by molar-refractivity contribution is -0.116. The minimum atomic E-state index is -0.344. The quantitative estimate of drug-likeness (QED) is 0.745. The van der Waals surface area contributed by atoms with E-state index in [2.05, 4.69) is 41.8 Å². The van der Waals surface area contributed by atoms with Gasteiger partial charge in [0.25, 0.3) is 5.91 Å². The number of Topliss-reactive ketones (excluding diaryl/α,β-unsaturated/α-hetero) is 1. The zero-order valence-electron chi connectivity index (χ0n) is 17.8. The van der Waals surface area contributed by atoms with Crippen LogP contribution >= 0.6 is 0 Å². The third-order valence-electron chi connectivity index (χ3n) is 6.14. The average Bonchev–Trinajstić information content (AvgIpc) is 2.74. The Morgan fingerprint density at radius 3 is 2.50 bits per heavy atom. The molecule has 2 aromatic carbocycles. The first-order valence-corrected chi connectivity index (χ1v) is 10.7. The third-order valence-corrected chi connectivity index (χ3v) is 6.14. The first kappa shape index (κ1) is 20.1. The van der Waals surface area contributed by atoms with Crippen LogP contribution in [0.15, 0.2) is 71.1 Å². The second-order valence-corrected chi connectivity index (χ2v) is 8.13. The molecule has 1 aliphatic heterocycles. The number of hydrogen-bond acceptors (Lipinski definition) is 3. The van der Waals surface area contributed by atoms with Gasteiger partial charge in [0, 0.05) is 40.6 Å². The Balaban J connectivity index is 1.79. The number of rotatable bonds is 4. The first-order valence-electron chi connectivity index (χ1n) is 10.7. The van der Waals surface area contributed by atoms with Crippen molar-refractivity contribution < 1.29 is 9.59 Å². The summed E-state index contributed by atoms with van der Waals surface area (Å²) in [5, 5.41) is 6.45. The summed E-state index contributed by atoms with van der Waals surface area (Å²) >= 11 is 0. The van der Waals surface area contributed by atoms with Gasteiger partial charge in [0.05, 0.1) is 0 Å². The van der Waals surface area contributed by atoms with E-state index in [1.807, 2.05) is 38.1 Å². The fraction of sp³-hybridized carbons (Fsp3) is 0.308. The standard InChI is InChI=1S/C26H28N2O2/c1-4-18-12-14-19(15-13-18)24-23(26(30)28-20-9-6-5-8-16(20)2)17(3)27-21-10-7-11-22(29)25(21)24/h5-6,8-9,12-15,24,27H,4,7,10-11H2,1-3H3,(H,28,30)/t24-/m1/s1. The van der Waals surface area contributed by atoms with Gasteiger partial charge in [-0.3, -0.25) is 9.59 Å². The molecule has 0 spiro atoms. The summed E-state index contributed by atoms with van der Waals surface area (Å²) in [5.74, 6) is -0.366. The van der Waals surface area contributed by atoms with E-state index in [0.717, 1.165) is 53.0 Å². The second-order valence-electron chi connectivity index (χ2n) is 8.13. The average molecular weight is 401 g/mol. The zero-order valence-corrected chi connectivity index (χ0v) is 17.8. The van der Waals surface area contributed by atoms with E-state index in [0.29, 0.717) is 12.0 Å². The molecule has 2 N–H and O–H groups in total. The predicted molar refractivity (Wildman–Crippen MR) is 120 cm³/mol. The maximum absolute atomic E-state index is 13.5. The lowest BCUT2D eigenvalue weighted by atomic mass is 9.75. The topological polar surface area (TPSA) is 58.2 Å². The molecule has 30 heavy (non-hydrogen) atoms. The van der Waals surface area contributed by atoms with Crippen LogP contribution in [-0.2, 0) is 16.0 Å². The molecule has 0 aromatic heterocycles. The van der Waals surface area contributed by atoms with Gasteiger partial charge in [-0.15, -0.1) is 0 Å². The Morgan fingerprint density at radius 2 is 1.80 bits per heavy atom. The first-order chi connectivity index (χ1) is 14.5. The molecule has 4 rings (SSSR count). The molecule has 0 fully saturated rings. The molecule has 4 nitrogen and oxygen atoms in total. The Kier molecular flexibility index (Phi) is 5.58. The number of para-hydroxylation sites is 1. The van der Waals surface area contributed by atoms with Gasteiger partial charge < -0.3 is 10.6 Å². The Bertz CT molecular complexity index is 1060. The van der Waals surface area contributed by atoms with E-state index >= 15 is 0 Å². The number of hydrogen-bond donors (Lipinski definition) is 2. The SMILES string of the molecule is CCc1ccc([C@@H]2C(C(=O)Nc3ccccc3C)=C(C)NC3=C2C(=O)CCC3)cc1. The van der Waals surface area contributed by atoms with Crippen LogP contribution in [0.25, 0.3) is 0 Å². The van der Waals surface area contributed by atoms with Gasteiger partial charge in [0.2, 0.25) is 0 Å².